The van der Waals surface area contributed by atoms with Crippen molar-refractivity contribution < 1.29 is 9.59 Å². The van der Waals surface area contributed by atoms with E-state index in [1.165, 1.54) is 0 Å². The largest absolute Gasteiger partial charge is 0.343 e. The summed E-state index contributed by atoms with van der Waals surface area (Å²) in [5, 5.41) is 10.8. The third-order valence-corrected chi connectivity index (χ3v) is 4.44. The number of aromatic nitrogens is 3. The first kappa shape index (κ1) is 18.4. The van der Waals surface area contributed by atoms with Crippen LogP contribution in [-0.4, -0.2) is 33.1 Å². The summed E-state index contributed by atoms with van der Waals surface area (Å²) in [7, 11) is 0. The number of carbonyl (C=O) groups excluding carboxylic acids is 2. The van der Waals surface area contributed by atoms with Gasteiger partial charge >= 0.3 is 0 Å². The van der Waals surface area contributed by atoms with Crippen LogP contribution in [0.15, 0.2) is 72.9 Å². The van der Waals surface area contributed by atoms with E-state index in [1.807, 2.05) is 49.4 Å². The number of fused-ring (bicyclic) bond motifs is 1. The normalized spacial score (nSPS) is 10.7. The zero-order chi connectivity index (χ0) is 20.2. The number of rotatable bonds is 5. The first-order chi connectivity index (χ1) is 14.1. The van der Waals surface area contributed by atoms with E-state index in [9.17, 15) is 9.59 Å². The zero-order valence-electron chi connectivity index (χ0n) is 15.8. The Hall–Kier alpha value is -4.00. The molecule has 2 heterocycles. The number of aryl methyl sites for hydroxylation is 1. The van der Waals surface area contributed by atoms with E-state index in [0.29, 0.717) is 16.9 Å². The van der Waals surface area contributed by atoms with Crippen molar-refractivity contribution in [1.29, 1.82) is 0 Å². The van der Waals surface area contributed by atoms with Gasteiger partial charge in [0.25, 0.3) is 5.91 Å². The van der Waals surface area contributed by atoms with Gasteiger partial charge in [0.2, 0.25) is 5.91 Å². The molecule has 0 radical (unpaired) electrons. The summed E-state index contributed by atoms with van der Waals surface area (Å²) in [6.07, 6.45) is 1.58. The lowest BCUT2D eigenvalue weighted by molar-refractivity contribution is -0.115. The molecule has 0 spiro atoms. The van der Waals surface area contributed by atoms with Gasteiger partial charge in [-0.3, -0.25) is 9.59 Å². The first-order valence-corrected chi connectivity index (χ1v) is 9.16. The lowest BCUT2D eigenvalue weighted by Gasteiger charge is -2.07. The molecule has 0 atom stereocenters. The standard InChI is InChI=1S/C22H19N5O2/c1-15-19-12-17(13-23-21(19)27(26-15)18-10-6-3-7-11-18)25-20(28)14-24-22(29)16-8-4-2-5-9-16/h2-13H,14H2,1H3,(H,24,29)(H,25,28). The topological polar surface area (TPSA) is 88.9 Å². The highest BCUT2D eigenvalue weighted by Gasteiger charge is 2.13. The molecule has 144 valence electrons. The molecule has 2 N–H and O–H groups in total. The second-order valence-electron chi connectivity index (χ2n) is 6.52. The van der Waals surface area contributed by atoms with Gasteiger partial charge in [0.05, 0.1) is 29.8 Å². The second kappa shape index (κ2) is 7.93. The number of para-hydroxylation sites is 1. The Morgan fingerprint density at radius 1 is 1.00 bits per heavy atom. The van der Waals surface area contributed by atoms with Crippen molar-refractivity contribution in [3.8, 4) is 5.69 Å². The van der Waals surface area contributed by atoms with Crippen molar-refractivity contribution in [3.05, 3.63) is 84.2 Å². The Balaban J connectivity index is 1.47. The Bertz CT molecular complexity index is 1170. The van der Waals surface area contributed by atoms with Crippen molar-refractivity contribution in [2.75, 3.05) is 11.9 Å². The number of hydrogen-bond donors (Lipinski definition) is 2. The molecule has 0 bridgehead atoms. The lowest BCUT2D eigenvalue weighted by Crippen LogP contribution is -2.32. The lowest BCUT2D eigenvalue weighted by atomic mass is 10.2. The van der Waals surface area contributed by atoms with Crippen molar-refractivity contribution in [1.82, 2.24) is 20.1 Å². The number of nitrogens with zero attached hydrogens (tertiary/aromatic N) is 3. The maximum Gasteiger partial charge on any atom is 0.251 e. The molecule has 0 aliphatic carbocycles. The van der Waals surface area contributed by atoms with Crippen molar-refractivity contribution in [2.45, 2.75) is 6.92 Å². The first-order valence-electron chi connectivity index (χ1n) is 9.16. The summed E-state index contributed by atoms with van der Waals surface area (Å²) < 4.78 is 1.77. The average molecular weight is 385 g/mol. The predicted molar refractivity (Wildman–Crippen MR) is 111 cm³/mol. The Morgan fingerprint density at radius 3 is 2.41 bits per heavy atom. The van der Waals surface area contributed by atoms with Gasteiger partial charge in [0.15, 0.2) is 5.65 Å². The SMILES string of the molecule is Cc1nn(-c2ccccc2)c2ncc(NC(=O)CNC(=O)c3ccccc3)cc12. The van der Waals surface area contributed by atoms with Crippen LogP contribution in [0.3, 0.4) is 0 Å². The van der Waals surface area contributed by atoms with Gasteiger partial charge in [-0.2, -0.15) is 5.10 Å². The number of amides is 2. The van der Waals surface area contributed by atoms with Gasteiger partial charge in [-0.1, -0.05) is 36.4 Å². The number of hydrogen-bond acceptors (Lipinski definition) is 4. The average Bonchev–Trinajstić information content (AvgIpc) is 3.09. The monoisotopic (exact) mass is 385 g/mol. The van der Waals surface area contributed by atoms with Crippen LogP contribution in [0.1, 0.15) is 16.1 Å². The number of benzene rings is 2. The van der Waals surface area contributed by atoms with Crippen molar-refractivity contribution in [3.63, 3.8) is 0 Å². The highest BCUT2D eigenvalue weighted by molar-refractivity contribution is 5.99. The molecule has 0 saturated carbocycles. The summed E-state index contributed by atoms with van der Waals surface area (Å²) in [6, 6.07) is 20.3. The molecule has 4 rings (SSSR count). The van der Waals surface area contributed by atoms with Crippen molar-refractivity contribution >= 4 is 28.5 Å². The fraction of sp³-hybridized carbons (Fsp3) is 0.0909. The second-order valence-corrected chi connectivity index (χ2v) is 6.52. The van der Waals surface area contributed by atoms with Gasteiger partial charge in [-0.25, -0.2) is 9.67 Å². The van der Waals surface area contributed by atoms with Crippen LogP contribution in [-0.2, 0) is 4.79 Å². The summed E-state index contributed by atoms with van der Waals surface area (Å²) in [4.78, 5) is 28.7. The summed E-state index contributed by atoms with van der Waals surface area (Å²) in [5.74, 6) is -0.627. The van der Waals surface area contributed by atoms with E-state index in [2.05, 4.69) is 20.7 Å². The van der Waals surface area contributed by atoms with E-state index in [-0.39, 0.29) is 18.4 Å². The van der Waals surface area contributed by atoms with Crippen LogP contribution < -0.4 is 10.6 Å². The number of pyridine rings is 1. The van der Waals surface area contributed by atoms with E-state index < -0.39 is 0 Å². The minimum Gasteiger partial charge on any atom is -0.343 e. The van der Waals surface area contributed by atoms with E-state index in [0.717, 1.165) is 16.8 Å². The van der Waals surface area contributed by atoms with Crippen LogP contribution >= 0.6 is 0 Å². The summed E-state index contributed by atoms with van der Waals surface area (Å²) in [5.41, 5.74) is 3.49. The molecule has 7 heteroatoms. The van der Waals surface area contributed by atoms with Crippen LogP contribution in [0.4, 0.5) is 5.69 Å². The van der Waals surface area contributed by atoms with Gasteiger partial charge in [-0.05, 0) is 37.3 Å². The molecular weight excluding hydrogens is 366 g/mol. The molecule has 2 aromatic carbocycles. The molecule has 0 fully saturated rings. The molecule has 0 saturated heterocycles. The molecule has 2 aromatic heterocycles. The summed E-state index contributed by atoms with van der Waals surface area (Å²) >= 11 is 0. The number of carbonyl (C=O) groups is 2. The molecule has 29 heavy (non-hydrogen) atoms. The van der Waals surface area contributed by atoms with E-state index in [1.54, 1.807) is 35.1 Å². The third-order valence-electron chi connectivity index (χ3n) is 4.44. The molecule has 0 unspecified atom stereocenters. The molecule has 0 aliphatic heterocycles. The number of nitrogens with one attached hydrogen (secondary N) is 2. The summed E-state index contributed by atoms with van der Waals surface area (Å²) in [6.45, 7) is 1.77. The van der Waals surface area contributed by atoms with E-state index >= 15 is 0 Å². The predicted octanol–water partition coefficient (Wildman–Crippen LogP) is 3.10. The molecule has 4 aromatic rings. The smallest absolute Gasteiger partial charge is 0.251 e. The molecule has 2 amide bonds. The van der Waals surface area contributed by atoms with Gasteiger partial charge < -0.3 is 10.6 Å². The quantitative estimate of drug-likeness (QED) is 0.552. The minimum absolute atomic E-state index is 0.131. The molecule has 7 nitrogen and oxygen atoms in total. The number of anilines is 1. The van der Waals surface area contributed by atoms with Gasteiger partial charge in [0.1, 0.15) is 0 Å². The van der Waals surface area contributed by atoms with Crippen LogP contribution in [0, 0.1) is 6.92 Å². The fourth-order valence-electron chi connectivity index (χ4n) is 3.02. The molecular formula is C22H19N5O2. The van der Waals surface area contributed by atoms with Gasteiger partial charge in [0, 0.05) is 10.9 Å². The zero-order valence-corrected chi connectivity index (χ0v) is 15.8. The highest BCUT2D eigenvalue weighted by atomic mass is 16.2. The Labute approximate surface area is 167 Å². The van der Waals surface area contributed by atoms with Crippen LogP contribution in [0.2, 0.25) is 0 Å². The minimum atomic E-state index is -0.330. The Kier molecular flexibility index (Phi) is 5.03. The third kappa shape index (κ3) is 3.98. The van der Waals surface area contributed by atoms with E-state index in [4.69, 9.17) is 0 Å². The maximum absolute atomic E-state index is 12.2. The maximum atomic E-state index is 12.2. The Morgan fingerprint density at radius 2 is 1.69 bits per heavy atom. The van der Waals surface area contributed by atoms with Gasteiger partial charge in [-0.15, -0.1) is 0 Å². The van der Waals surface area contributed by atoms with Crippen LogP contribution in [0.5, 0.6) is 0 Å². The fourth-order valence-corrected chi connectivity index (χ4v) is 3.02. The van der Waals surface area contributed by atoms with Crippen molar-refractivity contribution in [2.24, 2.45) is 0 Å². The molecule has 0 aliphatic rings. The highest BCUT2D eigenvalue weighted by Crippen LogP contribution is 2.22. The van der Waals surface area contributed by atoms with Crippen LogP contribution in [0.25, 0.3) is 16.7 Å².